The largest absolute Gasteiger partial charge is 0.508 e. The molecule has 0 radical (unpaired) electrons. The summed E-state index contributed by atoms with van der Waals surface area (Å²) in [7, 11) is 0. The van der Waals surface area contributed by atoms with Crippen molar-refractivity contribution in [1.29, 1.82) is 0 Å². The van der Waals surface area contributed by atoms with Crippen LogP contribution in [0.4, 0.5) is 4.39 Å². The highest BCUT2D eigenvalue weighted by Gasteiger charge is 2.24. The van der Waals surface area contributed by atoms with E-state index in [0.717, 1.165) is 25.5 Å². The lowest BCUT2D eigenvalue weighted by Gasteiger charge is -2.31. The van der Waals surface area contributed by atoms with Gasteiger partial charge in [0.25, 0.3) is 0 Å². The molecule has 1 aliphatic carbocycles. The number of aromatic hydroxyl groups is 1. The molecule has 1 aromatic carbocycles. The van der Waals surface area contributed by atoms with Gasteiger partial charge in [0.2, 0.25) is 0 Å². The first-order valence-electron chi connectivity index (χ1n) is 7.44. The van der Waals surface area contributed by atoms with Crippen LogP contribution in [0.2, 0.25) is 0 Å². The molecule has 0 spiro atoms. The highest BCUT2D eigenvalue weighted by Crippen LogP contribution is 2.30. The Morgan fingerprint density at radius 2 is 2.00 bits per heavy atom. The molecule has 1 fully saturated rings. The van der Waals surface area contributed by atoms with E-state index in [4.69, 9.17) is 0 Å². The first kappa shape index (κ1) is 15.3. The second-order valence-corrected chi connectivity index (χ2v) is 5.82. The number of halogens is 1. The van der Waals surface area contributed by atoms with Crippen molar-refractivity contribution >= 4 is 0 Å². The van der Waals surface area contributed by atoms with Crippen molar-refractivity contribution in [2.75, 3.05) is 13.2 Å². The molecule has 1 aliphatic rings. The Morgan fingerprint density at radius 1 is 1.30 bits per heavy atom. The van der Waals surface area contributed by atoms with E-state index < -0.39 is 0 Å². The Hall–Kier alpha value is -1.13. The van der Waals surface area contributed by atoms with Crippen LogP contribution in [0.25, 0.3) is 0 Å². The van der Waals surface area contributed by atoms with Crippen LogP contribution >= 0.6 is 0 Å². The van der Waals surface area contributed by atoms with Crippen molar-refractivity contribution in [2.45, 2.75) is 38.6 Å². The van der Waals surface area contributed by atoms with Gasteiger partial charge in [-0.25, -0.2) is 4.39 Å². The summed E-state index contributed by atoms with van der Waals surface area (Å²) in [5, 5.41) is 22.0. The van der Waals surface area contributed by atoms with E-state index in [9.17, 15) is 14.6 Å². The normalized spacial score (nSPS) is 24.6. The van der Waals surface area contributed by atoms with Gasteiger partial charge in [-0.1, -0.05) is 18.9 Å². The lowest BCUT2D eigenvalue weighted by molar-refractivity contribution is 0.131. The molecule has 0 bridgehead atoms. The fourth-order valence-electron chi connectivity index (χ4n) is 3.10. The van der Waals surface area contributed by atoms with Crippen molar-refractivity contribution in [3.63, 3.8) is 0 Å². The number of aliphatic hydroxyl groups excluding tert-OH is 1. The minimum Gasteiger partial charge on any atom is -0.508 e. The molecule has 3 unspecified atom stereocenters. The van der Waals surface area contributed by atoms with E-state index in [0.29, 0.717) is 17.4 Å². The summed E-state index contributed by atoms with van der Waals surface area (Å²) in [6.45, 7) is 2.97. The minimum absolute atomic E-state index is 0.0499. The Labute approximate surface area is 119 Å². The molecule has 4 heteroatoms. The maximum atomic E-state index is 13.8. The third-order valence-electron chi connectivity index (χ3n) is 4.44. The molecule has 112 valence electrons. The van der Waals surface area contributed by atoms with Crippen LogP contribution in [0.3, 0.4) is 0 Å². The summed E-state index contributed by atoms with van der Waals surface area (Å²) < 4.78 is 13.8. The van der Waals surface area contributed by atoms with E-state index in [2.05, 4.69) is 5.32 Å². The van der Waals surface area contributed by atoms with Gasteiger partial charge >= 0.3 is 0 Å². The lowest BCUT2D eigenvalue weighted by atomic mass is 9.79. The quantitative estimate of drug-likeness (QED) is 0.777. The second-order valence-electron chi connectivity index (χ2n) is 5.82. The molecular formula is C16H24FNO2. The topological polar surface area (TPSA) is 52.5 Å². The maximum absolute atomic E-state index is 13.8. The van der Waals surface area contributed by atoms with Crippen LogP contribution in [-0.4, -0.2) is 23.4 Å². The van der Waals surface area contributed by atoms with Crippen molar-refractivity contribution in [2.24, 2.45) is 11.8 Å². The lowest BCUT2D eigenvalue weighted by Crippen LogP contribution is -2.33. The minimum atomic E-state index is -0.382. The molecule has 2 rings (SSSR count). The van der Waals surface area contributed by atoms with Crippen LogP contribution in [0.1, 0.15) is 44.2 Å². The number of benzene rings is 1. The van der Waals surface area contributed by atoms with Gasteiger partial charge in [0, 0.05) is 24.3 Å². The van der Waals surface area contributed by atoms with Crippen molar-refractivity contribution in [3.05, 3.63) is 29.6 Å². The maximum Gasteiger partial charge on any atom is 0.131 e. The number of nitrogens with one attached hydrogen (secondary N) is 1. The molecular weight excluding hydrogens is 257 g/mol. The molecule has 0 aromatic heterocycles. The molecule has 3 nitrogen and oxygen atoms in total. The third-order valence-corrected chi connectivity index (χ3v) is 4.44. The van der Waals surface area contributed by atoms with Crippen LogP contribution in [-0.2, 0) is 0 Å². The average molecular weight is 281 g/mol. The monoisotopic (exact) mass is 281 g/mol. The summed E-state index contributed by atoms with van der Waals surface area (Å²) in [5.41, 5.74) is 0.569. The first-order valence-corrected chi connectivity index (χ1v) is 7.44. The first-order chi connectivity index (χ1) is 9.61. The number of hydrogen-bond donors (Lipinski definition) is 3. The molecule has 3 atom stereocenters. The number of hydrogen-bond acceptors (Lipinski definition) is 3. The van der Waals surface area contributed by atoms with Crippen LogP contribution < -0.4 is 5.32 Å². The molecule has 20 heavy (non-hydrogen) atoms. The Kier molecular flexibility index (Phi) is 5.38. The molecule has 0 saturated heterocycles. The van der Waals surface area contributed by atoms with E-state index in [1.165, 1.54) is 18.9 Å². The van der Waals surface area contributed by atoms with Gasteiger partial charge < -0.3 is 15.5 Å². The van der Waals surface area contributed by atoms with Gasteiger partial charge in [0.1, 0.15) is 11.6 Å². The molecule has 3 N–H and O–H groups in total. The van der Waals surface area contributed by atoms with E-state index >= 15 is 0 Å². The fourth-order valence-corrected chi connectivity index (χ4v) is 3.10. The predicted molar refractivity (Wildman–Crippen MR) is 77.0 cm³/mol. The highest BCUT2D eigenvalue weighted by molar-refractivity contribution is 5.29. The Bertz CT molecular complexity index is 438. The zero-order chi connectivity index (χ0) is 14.5. The smallest absolute Gasteiger partial charge is 0.131 e. The predicted octanol–water partition coefficient (Wildman–Crippen LogP) is 2.98. The van der Waals surface area contributed by atoms with Crippen LogP contribution in [0, 0.1) is 17.7 Å². The SMILES string of the molecule is CC(NCC1CCCCC1CO)c1ccc(O)cc1F. The second kappa shape index (κ2) is 7.04. The standard InChI is InChI=1S/C16H24FNO2/c1-11(15-7-6-14(20)8-16(15)17)18-9-12-4-2-3-5-13(12)10-19/h6-8,11-13,18-20H,2-5,9-10H2,1H3. The summed E-state index contributed by atoms with van der Waals surface area (Å²) >= 11 is 0. The van der Waals surface area contributed by atoms with Gasteiger partial charge in [-0.2, -0.15) is 0 Å². The van der Waals surface area contributed by atoms with Gasteiger partial charge in [-0.3, -0.25) is 0 Å². The fraction of sp³-hybridized carbons (Fsp3) is 0.625. The van der Waals surface area contributed by atoms with Crippen LogP contribution in [0.15, 0.2) is 18.2 Å². The number of phenolic OH excluding ortho intramolecular Hbond substituents is 1. The van der Waals surface area contributed by atoms with Gasteiger partial charge in [0.15, 0.2) is 0 Å². The van der Waals surface area contributed by atoms with Gasteiger partial charge in [0.05, 0.1) is 0 Å². The molecule has 0 amide bonds. The van der Waals surface area contributed by atoms with E-state index in [1.807, 2.05) is 6.92 Å². The van der Waals surface area contributed by atoms with E-state index in [-0.39, 0.29) is 24.2 Å². The highest BCUT2D eigenvalue weighted by atomic mass is 19.1. The van der Waals surface area contributed by atoms with Gasteiger partial charge in [-0.15, -0.1) is 0 Å². The molecule has 1 saturated carbocycles. The summed E-state index contributed by atoms with van der Waals surface area (Å²) in [6.07, 6.45) is 4.63. The number of phenols is 1. The van der Waals surface area contributed by atoms with Gasteiger partial charge in [-0.05, 0) is 44.2 Å². The number of aliphatic hydroxyl groups is 1. The van der Waals surface area contributed by atoms with Crippen molar-refractivity contribution in [1.82, 2.24) is 5.32 Å². The summed E-state index contributed by atoms with van der Waals surface area (Å²) in [6, 6.07) is 4.17. The average Bonchev–Trinajstić information content (AvgIpc) is 2.45. The van der Waals surface area contributed by atoms with E-state index in [1.54, 1.807) is 6.07 Å². The molecule has 0 aliphatic heterocycles. The Morgan fingerprint density at radius 3 is 2.65 bits per heavy atom. The summed E-state index contributed by atoms with van der Waals surface area (Å²) in [4.78, 5) is 0. The Balaban J connectivity index is 1.92. The third kappa shape index (κ3) is 3.70. The zero-order valence-electron chi connectivity index (χ0n) is 12.0. The van der Waals surface area contributed by atoms with Crippen LogP contribution in [0.5, 0.6) is 5.75 Å². The number of rotatable bonds is 5. The molecule has 0 heterocycles. The zero-order valence-corrected chi connectivity index (χ0v) is 12.0. The summed E-state index contributed by atoms with van der Waals surface area (Å²) in [5.74, 6) is 0.405. The van der Waals surface area contributed by atoms with Crippen molar-refractivity contribution in [3.8, 4) is 5.75 Å². The molecule has 1 aromatic rings. The van der Waals surface area contributed by atoms with Crippen molar-refractivity contribution < 1.29 is 14.6 Å².